The fraction of sp³-hybridized carbons (Fsp3) is 0.308. The van der Waals surface area contributed by atoms with Crippen LogP contribution in [0.15, 0.2) is 0 Å². The van der Waals surface area contributed by atoms with Crippen LogP contribution in [0.3, 0.4) is 0 Å². The van der Waals surface area contributed by atoms with E-state index >= 15 is 0 Å². The molecule has 2 amide bonds. The first-order valence-corrected chi connectivity index (χ1v) is 6.24. The zero-order valence-corrected chi connectivity index (χ0v) is 12.4. The van der Waals surface area contributed by atoms with Gasteiger partial charge in [0, 0.05) is 14.0 Å². The molecule has 0 saturated heterocycles. The van der Waals surface area contributed by atoms with Gasteiger partial charge in [0.05, 0.1) is 6.54 Å². The van der Waals surface area contributed by atoms with Gasteiger partial charge in [-0.2, -0.15) is 0 Å². The number of halogens is 5. The summed E-state index contributed by atoms with van der Waals surface area (Å²) >= 11 is 0. The highest BCUT2D eigenvalue weighted by molar-refractivity contribution is 5.96. The molecule has 0 radical (unpaired) electrons. The molecule has 1 rings (SSSR count). The molecule has 0 aliphatic heterocycles. The summed E-state index contributed by atoms with van der Waals surface area (Å²) in [5.74, 6) is -14.7. The zero-order valence-electron chi connectivity index (χ0n) is 12.4. The fourth-order valence-corrected chi connectivity index (χ4v) is 1.54. The fourth-order valence-electron chi connectivity index (χ4n) is 1.54. The Balaban J connectivity index is 2.91. The van der Waals surface area contributed by atoms with Gasteiger partial charge in [-0.15, -0.1) is 0 Å². The van der Waals surface area contributed by atoms with Crippen LogP contribution in [0.25, 0.3) is 0 Å². The smallest absolute Gasteiger partial charge is 0.304 e. The highest BCUT2D eigenvalue weighted by Crippen LogP contribution is 2.23. The van der Waals surface area contributed by atoms with Crippen LogP contribution < -0.4 is 5.32 Å². The number of nitrogens with one attached hydrogen (secondary N) is 1. The number of rotatable bonds is 5. The first-order valence-electron chi connectivity index (χ1n) is 6.24. The molecule has 1 aromatic carbocycles. The van der Waals surface area contributed by atoms with Crippen molar-refractivity contribution in [2.45, 2.75) is 6.92 Å². The highest BCUT2D eigenvalue weighted by Gasteiger charge is 2.31. The van der Waals surface area contributed by atoms with Gasteiger partial charge in [0.2, 0.25) is 11.7 Å². The van der Waals surface area contributed by atoms with Crippen LogP contribution in [0.1, 0.15) is 17.3 Å². The predicted molar refractivity (Wildman–Crippen MR) is 68.0 cm³/mol. The van der Waals surface area contributed by atoms with E-state index in [1.165, 1.54) is 0 Å². The number of carbonyl (C=O) groups is 3. The minimum atomic E-state index is -2.40. The van der Waals surface area contributed by atoms with Crippen molar-refractivity contribution < 1.29 is 41.1 Å². The molecule has 0 fully saturated rings. The van der Waals surface area contributed by atoms with E-state index in [4.69, 9.17) is 0 Å². The zero-order chi connectivity index (χ0) is 18.6. The Morgan fingerprint density at radius 1 is 0.958 bits per heavy atom. The third kappa shape index (κ3) is 4.18. The molecule has 0 heterocycles. The predicted octanol–water partition coefficient (Wildman–Crippen LogP) is 1.09. The topological polar surface area (TPSA) is 75.7 Å². The van der Waals surface area contributed by atoms with Crippen LogP contribution in [0, 0.1) is 29.1 Å². The maximum absolute atomic E-state index is 13.5. The highest BCUT2D eigenvalue weighted by atomic mass is 19.2. The molecule has 132 valence electrons. The van der Waals surface area contributed by atoms with Gasteiger partial charge in [0.1, 0.15) is 5.56 Å². The Morgan fingerprint density at radius 3 is 1.88 bits per heavy atom. The SMILES string of the molecule is CC(=O)OCNC(=O)CN(C)C(=O)c1c(F)c(F)c(F)c(F)c1F. The lowest BCUT2D eigenvalue weighted by Crippen LogP contribution is -2.40. The summed E-state index contributed by atoms with van der Waals surface area (Å²) in [6, 6.07) is 0. The van der Waals surface area contributed by atoms with Crippen molar-refractivity contribution in [1.29, 1.82) is 0 Å². The van der Waals surface area contributed by atoms with Crippen molar-refractivity contribution in [3.05, 3.63) is 34.6 Å². The summed E-state index contributed by atoms with van der Waals surface area (Å²) in [6.45, 7) is -0.219. The largest absolute Gasteiger partial charge is 0.445 e. The second kappa shape index (κ2) is 7.70. The van der Waals surface area contributed by atoms with Crippen molar-refractivity contribution in [3.8, 4) is 0 Å². The summed E-state index contributed by atoms with van der Waals surface area (Å²) in [6.07, 6.45) is 0. The Hall–Kier alpha value is -2.72. The standard InChI is InChI=1S/C13H11F5N2O4/c1-5(21)24-4-19-6(22)3-20(2)13(23)7-8(14)10(16)12(18)11(17)9(7)15/h3-4H2,1-2H3,(H,19,22). The molecule has 0 bridgehead atoms. The van der Waals surface area contributed by atoms with Crippen molar-refractivity contribution in [3.63, 3.8) is 0 Å². The minimum absolute atomic E-state index is 0.432. The first kappa shape index (κ1) is 19.3. The maximum Gasteiger partial charge on any atom is 0.304 e. The van der Waals surface area contributed by atoms with Crippen molar-refractivity contribution in [1.82, 2.24) is 10.2 Å². The van der Waals surface area contributed by atoms with E-state index in [9.17, 15) is 36.3 Å². The van der Waals surface area contributed by atoms with Crippen LogP contribution in [-0.2, 0) is 14.3 Å². The van der Waals surface area contributed by atoms with E-state index in [0.29, 0.717) is 4.90 Å². The van der Waals surface area contributed by atoms with E-state index in [1.807, 2.05) is 5.32 Å². The van der Waals surface area contributed by atoms with Crippen molar-refractivity contribution >= 4 is 17.8 Å². The molecule has 0 atom stereocenters. The molecular weight excluding hydrogens is 343 g/mol. The molecule has 0 aliphatic rings. The van der Waals surface area contributed by atoms with E-state index in [0.717, 1.165) is 14.0 Å². The molecule has 6 nitrogen and oxygen atoms in total. The minimum Gasteiger partial charge on any atom is -0.445 e. The average Bonchev–Trinajstić information content (AvgIpc) is 2.50. The quantitative estimate of drug-likeness (QED) is 0.282. The second-order valence-corrected chi connectivity index (χ2v) is 4.49. The maximum atomic E-state index is 13.5. The van der Waals surface area contributed by atoms with E-state index in [2.05, 4.69) is 4.74 Å². The van der Waals surface area contributed by atoms with Gasteiger partial charge in [0.15, 0.2) is 30.0 Å². The lowest BCUT2D eigenvalue weighted by Gasteiger charge is -2.18. The van der Waals surface area contributed by atoms with Gasteiger partial charge in [-0.1, -0.05) is 0 Å². The van der Waals surface area contributed by atoms with Gasteiger partial charge in [-0.05, 0) is 0 Å². The monoisotopic (exact) mass is 354 g/mol. The molecule has 0 unspecified atom stereocenters. The van der Waals surface area contributed by atoms with Gasteiger partial charge in [-0.3, -0.25) is 14.4 Å². The number of amides is 2. The summed E-state index contributed by atoms with van der Waals surface area (Å²) in [7, 11) is 0.909. The van der Waals surface area contributed by atoms with Crippen LogP contribution in [-0.4, -0.2) is 43.0 Å². The van der Waals surface area contributed by atoms with Crippen LogP contribution >= 0.6 is 0 Å². The molecule has 1 N–H and O–H groups in total. The second-order valence-electron chi connectivity index (χ2n) is 4.49. The molecule has 1 aromatic rings. The third-order valence-corrected chi connectivity index (χ3v) is 2.70. The summed E-state index contributed by atoms with van der Waals surface area (Å²) in [5, 5.41) is 2.04. The number of hydrogen-bond donors (Lipinski definition) is 1. The molecule has 24 heavy (non-hydrogen) atoms. The molecule has 0 saturated carbocycles. The van der Waals surface area contributed by atoms with Gasteiger partial charge < -0.3 is 15.0 Å². The van der Waals surface area contributed by atoms with E-state index < -0.39 is 65.7 Å². The summed E-state index contributed by atoms with van der Waals surface area (Å²) in [5.41, 5.74) is -1.68. The number of likely N-dealkylation sites (N-methyl/N-ethyl adjacent to an activating group) is 1. The number of esters is 1. The number of carbonyl (C=O) groups excluding carboxylic acids is 3. The Kier molecular flexibility index (Phi) is 6.20. The molecular formula is C13H11F5N2O4. The van der Waals surface area contributed by atoms with E-state index in [-0.39, 0.29) is 0 Å². The summed E-state index contributed by atoms with van der Waals surface area (Å²) < 4.78 is 70.5. The lowest BCUT2D eigenvalue weighted by atomic mass is 10.1. The van der Waals surface area contributed by atoms with E-state index in [1.54, 1.807) is 0 Å². The number of benzene rings is 1. The number of hydrogen-bond acceptors (Lipinski definition) is 4. The van der Waals surface area contributed by atoms with Crippen LogP contribution in [0.4, 0.5) is 22.0 Å². The Morgan fingerprint density at radius 2 is 1.42 bits per heavy atom. The molecule has 0 aromatic heterocycles. The molecule has 0 aliphatic carbocycles. The number of ether oxygens (including phenoxy) is 1. The Labute approximate surface area is 132 Å². The van der Waals surface area contributed by atoms with Crippen molar-refractivity contribution in [2.75, 3.05) is 20.3 Å². The van der Waals surface area contributed by atoms with Crippen LogP contribution in [0.5, 0.6) is 0 Å². The van der Waals surface area contributed by atoms with Crippen molar-refractivity contribution in [2.24, 2.45) is 0 Å². The van der Waals surface area contributed by atoms with Gasteiger partial charge >= 0.3 is 5.97 Å². The lowest BCUT2D eigenvalue weighted by molar-refractivity contribution is -0.142. The van der Waals surface area contributed by atoms with Gasteiger partial charge in [0.25, 0.3) is 5.91 Å². The molecule has 11 heteroatoms. The normalized spacial score (nSPS) is 10.3. The first-order chi connectivity index (χ1) is 11.1. The average molecular weight is 354 g/mol. The summed E-state index contributed by atoms with van der Waals surface area (Å²) in [4.78, 5) is 34.2. The van der Waals surface area contributed by atoms with Gasteiger partial charge in [-0.25, -0.2) is 22.0 Å². The third-order valence-electron chi connectivity index (χ3n) is 2.70. The molecule has 0 spiro atoms. The number of nitrogens with zero attached hydrogens (tertiary/aromatic N) is 1. The van der Waals surface area contributed by atoms with Crippen LogP contribution in [0.2, 0.25) is 0 Å². The Bertz CT molecular complexity index is 666.